The number of phenols is 1. The first kappa shape index (κ1) is 12.0. The molecule has 0 aliphatic heterocycles. The van der Waals surface area contributed by atoms with E-state index in [0.29, 0.717) is 11.1 Å². The average Bonchev–Trinajstić information content (AvgIpc) is 2.21. The second-order valence-electron chi connectivity index (χ2n) is 3.16. The van der Waals surface area contributed by atoms with Crippen LogP contribution in [0.5, 0.6) is 5.75 Å². The highest BCUT2D eigenvalue weighted by Crippen LogP contribution is 2.30. The molecule has 0 bridgehead atoms. The Morgan fingerprint density at radius 1 is 1.60 bits per heavy atom. The summed E-state index contributed by atoms with van der Waals surface area (Å²) in [4.78, 5) is 11.2. The van der Waals surface area contributed by atoms with Crippen LogP contribution in [0.3, 0.4) is 0 Å². The first-order valence-electron chi connectivity index (χ1n) is 4.29. The maximum absolute atomic E-state index is 11.2. The van der Waals surface area contributed by atoms with Crippen LogP contribution in [0.1, 0.15) is 17.2 Å². The van der Waals surface area contributed by atoms with Crippen LogP contribution < -0.4 is 5.73 Å². The number of aryl methyl sites for hydroxylation is 1. The fourth-order valence-electron chi connectivity index (χ4n) is 1.25. The summed E-state index contributed by atoms with van der Waals surface area (Å²) in [5.74, 6) is -0.557. The van der Waals surface area contributed by atoms with Crippen molar-refractivity contribution in [2.75, 3.05) is 7.11 Å². The summed E-state index contributed by atoms with van der Waals surface area (Å²) in [6, 6.07) is 2.37. The average molecular weight is 274 g/mol. The normalized spacial score (nSPS) is 12.3. The van der Waals surface area contributed by atoms with Gasteiger partial charge in [-0.2, -0.15) is 0 Å². The molecule has 82 valence electrons. The molecule has 4 nitrogen and oxygen atoms in total. The molecule has 1 aromatic rings. The van der Waals surface area contributed by atoms with Gasteiger partial charge in [0.1, 0.15) is 11.8 Å². The van der Waals surface area contributed by atoms with Crippen LogP contribution >= 0.6 is 15.9 Å². The zero-order valence-electron chi connectivity index (χ0n) is 8.45. The lowest BCUT2D eigenvalue weighted by molar-refractivity contribution is -0.142. The molecule has 0 fully saturated rings. The molecule has 0 radical (unpaired) electrons. The summed E-state index contributed by atoms with van der Waals surface area (Å²) in [7, 11) is 1.25. The third-order valence-electron chi connectivity index (χ3n) is 2.08. The van der Waals surface area contributed by atoms with Gasteiger partial charge < -0.3 is 15.6 Å². The molecule has 0 heterocycles. The Kier molecular flexibility index (Phi) is 3.71. The van der Waals surface area contributed by atoms with Crippen molar-refractivity contribution in [3.8, 4) is 5.75 Å². The molecule has 0 saturated heterocycles. The molecule has 0 spiro atoms. The highest BCUT2D eigenvalue weighted by atomic mass is 79.9. The fraction of sp³-hybridized carbons (Fsp3) is 0.300. The van der Waals surface area contributed by atoms with Crippen LogP contribution in [-0.2, 0) is 9.53 Å². The van der Waals surface area contributed by atoms with Gasteiger partial charge in [0.05, 0.1) is 7.11 Å². The van der Waals surface area contributed by atoms with Crippen molar-refractivity contribution >= 4 is 21.9 Å². The van der Waals surface area contributed by atoms with E-state index in [0.717, 1.165) is 4.47 Å². The van der Waals surface area contributed by atoms with Gasteiger partial charge in [-0.1, -0.05) is 15.9 Å². The lowest BCUT2D eigenvalue weighted by Crippen LogP contribution is -2.22. The minimum atomic E-state index is -0.966. The first-order chi connectivity index (χ1) is 6.97. The monoisotopic (exact) mass is 273 g/mol. The van der Waals surface area contributed by atoms with E-state index in [1.807, 2.05) is 0 Å². The number of hydrogen-bond donors (Lipinski definition) is 2. The van der Waals surface area contributed by atoms with Crippen LogP contribution in [0.15, 0.2) is 16.6 Å². The zero-order valence-corrected chi connectivity index (χ0v) is 10.0. The molecule has 0 unspecified atom stereocenters. The van der Waals surface area contributed by atoms with Crippen molar-refractivity contribution in [1.82, 2.24) is 0 Å². The Hall–Kier alpha value is -1.07. The summed E-state index contributed by atoms with van der Waals surface area (Å²) in [5.41, 5.74) is 6.64. The largest absolute Gasteiger partial charge is 0.507 e. The Labute approximate surface area is 96.2 Å². The van der Waals surface area contributed by atoms with E-state index >= 15 is 0 Å². The van der Waals surface area contributed by atoms with E-state index in [2.05, 4.69) is 20.7 Å². The smallest absolute Gasteiger partial charge is 0.327 e. The Morgan fingerprint density at radius 3 is 2.73 bits per heavy atom. The van der Waals surface area contributed by atoms with Crippen molar-refractivity contribution in [3.05, 3.63) is 27.7 Å². The topological polar surface area (TPSA) is 72.5 Å². The van der Waals surface area contributed by atoms with Gasteiger partial charge in [0, 0.05) is 10.0 Å². The Balaban J connectivity index is 3.19. The van der Waals surface area contributed by atoms with Crippen molar-refractivity contribution in [2.45, 2.75) is 13.0 Å². The number of methoxy groups -OCH3 is 1. The van der Waals surface area contributed by atoms with Gasteiger partial charge in [-0.25, -0.2) is 0 Å². The molecule has 15 heavy (non-hydrogen) atoms. The number of esters is 1. The van der Waals surface area contributed by atoms with E-state index in [1.54, 1.807) is 19.1 Å². The van der Waals surface area contributed by atoms with Gasteiger partial charge in [-0.05, 0) is 24.6 Å². The van der Waals surface area contributed by atoms with E-state index in [9.17, 15) is 9.90 Å². The number of hydrogen-bond acceptors (Lipinski definition) is 4. The van der Waals surface area contributed by atoms with Gasteiger partial charge in [-0.3, -0.25) is 4.79 Å². The summed E-state index contributed by atoms with van der Waals surface area (Å²) >= 11 is 3.27. The molecule has 0 aromatic heterocycles. The molecule has 3 N–H and O–H groups in total. The van der Waals surface area contributed by atoms with Crippen molar-refractivity contribution in [2.24, 2.45) is 5.73 Å². The van der Waals surface area contributed by atoms with Crippen molar-refractivity contribution in [3.63, 3.8) is 0 Å². The molecular formula is C10H12BrNO3. The van der Waals surface area contributed by atoms with E-state index in [1.165, 1.54) is 7.11 Å². The SMILES string of the molecule is COC(=O)[C@@H](N)c1cc(Br)cc(C)c1O. The minimum Gasteiger partial charge on any atom is -0.507 e. The number of nitrogens with two attached hydrogens (primary N) is 1. The molecule has 1 rings (SSSR count). The number of ether oxygens (including phenoxy) is 1. The molecule has 0 aliphatic carbocycles. The minimum absolute atomic E-state index is 0.0242. The van der Waals surface area contributed by atoms with Gasteiger partial charge in [0.15, 0.2) is 0 Å². The van der Waals surface area contributed by atoms with Gasteiger partial charge in [-0.15, -0.1) is 0 Å². The summed E-state index contributed by atoms with van der Waals surface area (Å²) in [6.45, 7) is 1.73. The summed E-state index contributed by atoms with van der Waals surface area (Å²) in [6.07, 6.45) is 0. The maximum atomic E-state index is 11.2. The van der Waals surface area contributed by atoms with E-state index in [4.69, 9.17) is 5.73 Å². The third-order valence-corrected chi connectivity index (χ3v) is 2.54. The second kappa shape index (κ2) is 4.63. The van der Waals surface area contributed by atoms with Crippen LogP contribution in [-0.4, -0.2) is 18.2 Å². The summed E-state index contributed by atoms with van der Waals surface area (Å²) in [5, 5.41) is 9.73. The first-order valence-corrected chi connectivity index (χ1v) is 5.09. The molecule has 1 atom stereocenters. The number of aromatic hydroxyl groups is 1. The lowest BCUT2D eigenvalue weighted by atomic mass is 10.0. The van der Waals surface area contributed by atoms with E-state index < -0.39 is 12.0 Å². The third kappa shape index (κ3) is 2.49. The molecule has 0 saturated carbocycles. The van der Waals surface area contributed by atoms with Crippen LogP contribution in [0, 0.1) is 6.92 Å². The quantitative estimate of drug-likeness (QED) is 0.804. The fourth-order valence-corrected chi connectivity index (χ4v) is 1.84. The number of phenolic OH excluding ortho intramolecular Hbond substituents is 1. The van der Waals surface area contributed by atoms with Crippen LogP contribution in [0.4, 0.5) is 0 Å². The molecule has 0 amide bonds. The Morgan fingerprint density at radius 2 is 2.20 bits per heavy atom. The number of carbonyl (C=O) groups is 1. The number of benzene rings is 1. The second-order valence-corrected chi connectivity index (χ2v) is 4.08. The predicted octanol–water partition coefficient (Wildman–Crippen LogP) is 1.64. The van der Waals surface area contributed by atoms with Crippen molar-refractivity contribution < 1.29 is 14.6 Å². The number of carbonyl (C=O) groups excluding carboxylic acids is 1. The number of rotatable bonds is 2. The number of halogens is 1. The van der Waals surface area contributed by atoms with Crippen LogP contribution in [0.2, 0.25) is 0 Å². The van der Waals surface area contributed by atoms with Gasteiger partial charge in [0.2, 0.25) is 0 Å². The maximum Gasteiger partial charge on any atom is 0.327 e. The lowest BCUT2D eigenvalue weighted by Gasteiger charge is -2.13. The van der Waals surface area contributed by atoms with Crippen LogP contribution in [0.25, 0.3) is 0 Å². The molecular weight excluding hydrogens is 262 g/mol. The molecule has 0 aliphatic rings. The van der Waals surface area contributed by atoms with Gasteiger partial charge >= 0.3 is 5.97 Å². The highest BCUT2D eigenvalue weighted by Gasteiger charge is 2.21. The summed E-state index contributed by atoms with van der Waals surface area (Å²) < 4.78 is 5.27. The molecule has 1 aromatic carbocycles. The predicted molar refractivity (Wildman–Crippen MR) is 59.5 cm³/mol. The Bertz CT molecular complexity index is 392. The zero-order chi connectivity index (χ0) is 11.6. The highest BCUT2D eigenvalue weighted by molar-refractivity contribution is 9.10. The standard InChI is InChI=1S/C10H12BrNO3/c1-5-3-6(11)4-7(9(5)13)8(12)10(14)15-2/h3-4,8,13H,12H2,1-2H3/t8-/m0/s1. The van der Waals surface area contributed by atoms with Gasteiger partial charge in [0.25, 0.3) is 0 Å². The van der Waals surface area contributed by atoms with E-state index in [-0.39, 0.29) is 5.75 Å². The molecule has 5 heteroatoms. The van der Waals surface area contributed by atoms with Crippen molar-refractivity contribution in [1.29, 1.82) is 0 Å².